The molecule has 6 heteroatoms. The molecule has 0 aliphatic carbocycles. The molecule has 0 spiro atoms. The van der Waals surface area contributed by atoms with Gasteiger partial charge in [0.15, 0.2) is 3.95 Å². The summed E-state index contributed by atoms with van der Waals surface area (Å²) in [5.74, 6) is 0.114. The number of rotatable bonds is 3. The van der Waals surface area contributed by atoms with E-state index in [1.54, 1.807) is 16.7 Å². The van der Waals surface area contributed by atoms with Crippen molar-refractivity contribution in [3.8, 4) is 11.6 Å². The number of hydrogen-bond donors (Lipinski definition) is 1. The number of benzene rings is 2. The molecule has 26 heavy (non-hydrogen) atoms. The summed E-state index contributed by atoms with van der Waals surface area (Å²) >= 11 is 12.9. The highest BCUT2D eigenvalue weighted by molar-refractivity contribution is 7.73. The Bertz CT molecular complexity index is 1130. The van der Waals surface area contributed by atoms with Crippen molar-refractivity contribution < 1.29 is 5.11 Å². The van der Waals surface area contributed by atoms with Crippen LogP contribution in [0.25, 0.3) is 17.3 Å². The Hall–Kier alpha value is -2.21. The molecule has 0 atom stereocenters. The predicted octanol–water partition coefficient (Wildman–Crippen LogP) is 6.45. The molecule has 0 unspecified atom stereocenters. The standard InChI is InChI=1S/C20H15ClN2OS2/c1-2-12-5-3-8-16-13(11-22-18(12)16)9-17-19(24)23(20(25)26-17)15-7-4-6-14(21)10-15/h3-11,24H,2H2,1H3. The number of para-hydroxylation sites is 1. The Morgan fingerprint density at radius 3 is 2.85 bits per heavy atom. The second-order valence-corrected chi connectivity index (χ2v) is 8.01. The van der Waals surface area contributed by atoms with Crippen LogP contribution >= 0.6 is 35.2 Å². The summed E-state index contributed by atoms with van der Waals surface area (Å²) in [6.07, 6.45) is 4.71. The lowest BCUT2D eigenvalue weighted by atomic mass is 10.0. The normalized spacial score (nSPS) is 14.2. The smallest absolute Gasteiger partial charge is 0.215 e. The fourth-order valence-corrected chi connectivity index (χ4v) is 4.53. The summed E-state index contributed by atoms with van der Waals surface area (Å²) in [6.45, 7) is 2.12. The lowest BCUT2D eigenvalue weighted by molar-refractivity contribution is 0.441. The average molecular weight is 399 g/mol. The molecule has 130 valence electrons. The van der Waals surface area contributed by atoms with Crippen LogP contribution in [0.3, 0.4) is 0 Å². The van der Waals surface area contributed by atoms with Gasteiger partial charge in [-0.3, -0.25) is 9.56 Å². The monoisotopic (exact) mass is 398 g/mol. The molecule has 1 aliphatic rings. The summed E-state index contributed by atoms with van der Waals surface area (Å²) in [5, 5.41) is 11.3. The highest BCUT2D eigenvalue weighted by Gasteiger charge is 2.18. The first-order chi connectivity index (χ1) is 12.6. The van der Waals surface area contributed by atoms with Crippen LogP contribution in [-0.4, -0.2) is 15.9 Å². The van der Waals surface area contributed by atoms with E-state index >= 15 is 0 Å². The third-order valence-corrected chi connectivity index (χ3v) is 5.85. The van der Waals surface area contributed by atoms with E-state index in [9.17, 15) is 5.11 Å². The molecule has 3 nitrogen and oxygen atoms in total. The molecule has 0 fully saturated rings. The maximum atomic E-state index is 10.7. The van der Waals surface area contributed by atoms with Crippen molar-refractivity contribution in [2.75, 3.05) is 0 Å². The number of thiazole rings is 1. The molecule has 0 radical (unpaired) electrons. The molecular weight excluding hydrogens is 384 g/mol. The van der Waals surface area contributed by atoms with Crippen molar-refractivity contribution in [2.45, 2.75) is 13.3 Å². The number of aromatic hydroxyl groups is 1. The first-order valence-corrected chi connectivity index (χ1v) is 9.77. The lowest BCUT2D eigenvalue weighted by Gasteiger charge is -2.05. The number of aromatic nitrogens is 1. The second kappa shape index (κ2) is 6.83. The summed E-state index contributed by atoms with van der Waals surface area (Å²) in [6, 6.07) is 13.5. The van der Waals surface area contributed by atoms with Gasteiger partial charge in [-0.2, -0.15) is 0 Å². The fraction of sp³-hybridized carbons (Fsp3) is 0.100. The molecule has 0 saturated carbocycles. The first kappa shape index (κ1) is 17.2. The highest BCUT2D eigenvalue weighted by Crippen LogP contribution is 2.38. The summed E-state index contributed by atoms with van der Waals surface area (Å²) in [5.41, 5.74) is 5.03. The Morgan fingerprint density at radius 1 is 1.27 bits per heavy atom. The third kappa shape index (κ3) is 2.92. The van der Waals surface area contributed by atoms with Gasteiger partial charge in [-0.15, -0.1) is 11.3 Å². The van der Waals surface area contributed by atoms with Crippen LogP contribution in [0.2, 0.25) is 5.02 Å². The molecule has 0 saturated heterocycles. The van der Waals surface area contributed by atoms with Gasteiger partial charge in [0.1, 0.15) is 0 Å². The molecular formula is C20H15ClN2OS2. The molecule has 2 aromatic carbocycles. The second-order valence-electron chi connectivity index (χ2n) is 5.90. The van der Waals surface area contributed by atoms with Gasteiger partial charge < -0.3 is 5.11 Å². The average Bonchev–Trinajstić information content (AvgIpc) is 3.16. The minimum absolute atomic E-state index is 0.114. The number of halogens is 1. The minimum atomic E-state index is 0.114. The van der Waals surface area contributed by atoms with Crippen molar-refractivity contribution in [2.24, 2.45) is 4.99 Å². The molecule has 0 amide bonds. The van der Waals surface area contributed by atoms with Gasteiger partial charge >= 0.3 is 0 Å². The number of allylic oxidation sites excluding steroid dienone is 1. The van der Waals surface area contributed by atoms with E-state index in [0.717, 1.165) is 28.9 Å². The first-order valence-electron chi connectivity index (χ1n) is 8.17. The van der Waals surface area contributed by atoms with E-state index in [-0.39, 0.29) is 5.88 Å². The van der Waals surface area contributed by atoms with Crippen LogP contribution in [0.15, 0.2) is 47.5 Å². The van der Waals surface area contributed by atoms with Crippen LogP contribution in [0.4, 0.5) is 5.69 Å². The Balaban J connectivity index is 1.81. The highest BCUT2D eigenvalue weighted by atomic mass is 35.5. The van der Waals surface area contributed by atoms with E-state index in [4.69, 9.17) is 23.8 Å². The van der Waals surface area contributed by atoms with Gasteiger partial charge in [0.05, 0.1) is 16.3 Å². The molecule has 2 heterocycles. The number of fused-ring (bicyclic) bond motifs is 1. The van der Waals surface area contributed by atoms with E-state index in [1.807, 2.05) is 30.5 Å². The van der Waals surface area contributed by atoms with Crippen molar-refractivity contribution in [3.63, 3.8) is 0 Å². The van der Waals surface area contributed by atoms with Crippen molar-refractivity contribution >= 4 is 58.7 Å². The fourth-order valence-electron chi connectivity index (χ4n) is 3.04. The van der Waals surface area contributed by atoms with E-state index in [1.165, 1.54) is 16.9 Å². The molecule has 1 aromatic heterocycles. The lowest BCUT2D eigenvalue weighted by Crippen LogP contribution is -1.92. The number of hydrogen-bond acceptors (Lipinski definition) is 4. The minimum Gasteiger partial charge on any atom is -0.493 e. The van der Waals surface area contributed by atoms with Crippen LogP contribution in [-0.2, 0) is 6.42 Å². The summed E-state index contributed by atoms with van der Waals surface area (Å²) in [4.78, 5) is 5.26. The van der Waals surface area contributed by atoms with Crippen LogP contribution < -0.4 is 0 Å². The Kier molecular flexibility index (Phi) is 4.53. The molecule has 4 rings (SSSR count). The third-order valence-electron chi connectivity index (χ3n) is 4.31. The maximum absolute atomic E-state index is 10.7. The quantitative estimate of drug-likeness (QED) is 0.515. The number of aliphatic imine (C=N–C) groups is 1. The molecule has 0 bridgehead atoms. The van der Waals surface area contributed by atoms with Gasteiger partial charge in [0.25, 0.3) is 0 Å². The predicted molar refractivity (Wildman–Crippen MR) is 113 cm³/mol. The van der Waals surface area contributed by atoms with Crippen LogP contribution in [0, 0.1) is 3.95 Å². The maximum Gasteiger partial charge on any atom is 0.215 e. The molecule has 3 aromatic rings. The molecule has 1 aliphatic heterocycles. The Labute approximate surface area is 165 Å². The zero-order chi connectivity index (χ0) is 18.3. The van der Waals surface area contributed by atoms with Crippen LogP contribution in [0.1, 0.15) is 22.9 Å². The van der Waals surface area contributed by atoms with Crippen molar-refractivity contribution in [1.29, 1.82) is 0 Å². The van der Waals surface area contributed by atoms with Crippen molar-refractivity contribution in [1.82, 2.24) is 4.57 Å². The molecule has 1 N–H and O–H groups in total. The summed E-state index contributed by atoms with van der Waals surface area (Å²) < 4.78 is 2.20. The topological polar surface area (TPSA) is 37.5 Å². The van der Waals surface area contributed by atoms with Gasteiger partial charge in [-0.1, -0.05) is 42.8 Å². The van der Waals surface area contributed by atoms with Crippen molar-refractivity contribution in [3.05, 3.63) is 67.4 Å². The zero-order valence-electron chi connectivity index (χ0n) is 13.9. The SMILES string of the molecule is CCc1cccc2c1N=CC2=Cc1sc(=S)n(-c2cccc(Cl)c2)c1O. The van der Waals surface area contributed by atoms with E-state index in [0.29, 0.717) is 13.9 Å². The number of aryl methyl sites for hydroxylation is 1. The van der Waals surface area contributed by atoms with Gasteiger partial charge in [-0.05, 0) is 48.5 Å². The van der Waals surface area contributed by atoms with E-state index < -0.39 is 0 Å². The van der Waals surface area contributed by atoms with Crippen LogP contribution in [0.5, 0.6) is 5.88 Å². The van der Waals surface area contributed by atoms with Gasteiger partial charge in [0.2, 0.25) is 5.88 Å². The summed E-state index contributed by atoms with van der Waals surface area (Å²) in [7, 11) is 0. The largest absolute Gasteiger partial charge is 0.493 e. The number of nitrogens with zero attached hydrogens (tertiary/aromatic N) is 2. The zero-order valence-corrected chi connectivity index (χ0v) is 16.3. The van der Waals surface area contributed by atoms with Gasteiger partial charge in [-0.25, -0.2) is 0 Å². The Morgan fingerprint density at radius 2 is 2.08 bits per heavy atom. The van der Waals surface area contributed by atoms with E-state index in [2.05, 4.69) is 24.0 Å². The van der Waals surface area contributed by atoms with Gasteiger partial charge in [0, 0.05) is 22.4 Å².